The van der Waals surface area contributed by atoms with Crippen LogP contribution in [0.15, 0.2) is 48.5 Å². The van der Waals surface area contributed by atoms with Crippen LogP contribution in [0.5, 0.6) is 5.75 Å². The Morgan fingerprint density at radius 3 is 2.44 bits per heavy atom. The van der Waals surface area contributed by atoms with Crippen molar-refractivity contribution in [3.63, 3.8) is 0 Å². The van der Waals surface area contributed by atoms with Gasteiger partial charge in [0.2, 0.25) is 0 Å². The van der Waals surface area contributed by atoms with E-state index >= 15 is 0 Å². The first-order valence-corrected chi connectivity index (χ1v) is 5.78. The molecule has 0 bridgehead atoms. The summed E-state index contributed by atoms with van der Waals surface area (Å²) < 4.78 is 4.86. The third kappa shape index (κ3) is 2.51. The van der Waals surface area contributed by atoms with Crippen LogP contribution in [0.2, 0.25) is 0 Å². The van der Waals surface area contributed by atoms with E-state index in [4.69, 9.17) is 4.74 Å². The minimum absolute atomic E-state index is 0.0604. The zero-order valence-electron chi connectivity index (χ0n) is 10.1. The summed E-state index contributed by atoms with van der Waals surface area (Å²) in [5.41, 5.74) is 2.04. The maximum Gasteiger partial charge on any atom is 0.341 e. The van der Waals surface area contributed by atoms with E-state index in [1.165, 1.54) is 0 Å². The zero-order chi connectivity index (χ0) is 13.0. The maximum absolute atomic E-state index is 11.5. The van der Waals surface area contributed by atoms with E-state index < -0.39 is 5.97 Å². The van der Waals surface area contributed by atoms with Crippen molar-refractivity contribution in [2.75, 3.05) is 6.61 Å². The Balaban J connectivity index is 2.34. The molecule has 92 valence electrons. The average Bonchev–Trinajstić information content (AvgIpc) is 2.40. The van der Waals surface area contributed by atoms with Crippen LogP contribution in [-0.4, -0.2) is 17.7 Å². The fourth-order valence-corrected chi connectivity index (χ4v) is 1.72. The fraction of sp³-hybridized carbons (Fsp3) is 0.133. The molecule has 3 heteroatoms. The molecule has 0 saturated carbocycles. The fourth-order valence-electron chi connectivity index (χ4n) is 1.72. The second-order valence-electron chi connectivity index (χ2n) is 3.82. The Kier molecular flexibility index (Phi) is 3.63. The molecule has 0 aromatic heterocycles. The summed E-state index contributed by atoms with van der Waals surface area (Å²) in [6.45, 7) is 2.02. The highest BCUT2D eigenvalue weighted by molar-refractivity contribution is 5.93. The van der Waals surface area contributed by atoms with Crippen LogP contribution < -0.4 is 0 Å². The lowest BCUT2D eigenvalue weighted by Gasteiger charge is -2.07. The van der Waals surface area contributed by atoms with E-state index in [9.17, 15) is 9.90 Å². The molecule has 0 aliphatic rings. The summed E-state index contributed by atoms with van der Waals surface area (Å²) in [6.07, 6.45) is 0. The number of phenols is 1. The molecule has 0 radical (unpaired) electrons. The molecule has 0 unspecified atom stereocenters. The summed E-state index contributed by atoms with van der Waals surface area (Å²) in [7, 11) is 0. The first-order valence-electron chi connectivity index (χ1n) is 5.78. The summed E-state index contributed by atoms with van der Waals surface area (Å²) in [5.74, 6) is -0.565. The van der Waals surface area contributed by atoms with Gasteiger partial charge < -0.3 is 9.84 Å². The Hall–Kier alpha value is -2.29. The predicted molar refractivity (Wildman–Crippen MR) is 69.5 cm³/mol. The highest BCUT2D eigenvalue weighted by Crippen LogP contribution is 2.26. The van der Waals surface area contributed by atoms with Crippen LogP contribution in [0, 0.1) is 0 Å². The topological polar surface area (TPSA) is 46.5 Å². The smallest absolute Gasteiger partial charge is 0.341 e. The Morgan fingerprint density at radius 2 is 1.83 bits per heavy atom. The van der Waals surface area contributed by atoms with Crippen LogP contribution in [0.25, 0.3) is 11.1 Å². The van der Waals surface area contributed by atoms with Crippen LogP contribution in [0.3, 0.4) is 0 Å². The van der Waals surface area contributed by atoms with Gasteiger partial charge in [-0.05, 0) is 30.2 Å². The van der Waals surface area contributed by atoms with Crippen LogP contribution in [0.4, 0.5) is 0 Å². The molecule has 1 N–H and O–H groups in total. The lowest BCUT2D eigenvalue weighted by molar-refractivity contribution is 0.0523. The van der Waals surface area contributed by atoms with Crippen molar-refractivity contribution >= 4 is 5.97 Å². The molecule has 3 nitrogen and oxygen atoms in total. The molecule has 0 heterocycles. The number of ether oxygens (including phenoxy) is 1. The molecular weight excluding hydrogens is 228 g/mol. The van der Waals surface area contributed by atoms with Gasteiger partial charge >= 0.3 is 5.97 Å². The number of rotatable bonds is 3. The molecule has 0 saturated heterocycles. The quantitative estimate of drug-likeness (QED) is 0.840. The van der Waals surface area contributed by atoms with E-state index in [-0.39, 0.29) is 11.3 Å². The van der Waals surface area contributed by atoms with Crippen LogP contribution in [0.1, 0.15) is 17.3 Å². The Morgan fingerprint density at radius 1 is 1.11 bits per heavy atom. The lowest BCUT2D eigenvalue weighted by Crippen LogP contribution is -2.04. The van der Waals surface area contributed by atoms with Gasteiger partial charge in [-0.2, -0.15) is 0 Å². The van der Waals surface area contributed by atoms with Crippen molar-refractivity contribution in [3.8, 4) is 16.9 Å². The van der Waals surface area contributed by atoms with E-state index in [0.29, 0.717) is 6.61 Å². The van der Waals surface area contributed by atoms with Gasteiger partial charge in [-0.1, -0.05) is 36.4 Å². The van der Waals surface area contributed by atoms with Crippen molar-refractivity contribution in [1.29, 1.82) is 0 Å². The molecule has 0 spiro atoms. The number of hydrogen-bond acceptors (Lipinski definition) is 3. The summed E-state index contributed by atoms with van der Waals surface area (Å²) in [5, 5.41) is 9.85. The van der Waals surface area contributed by atoms with Gasteiger partial charge in [0.15, 0.2) is 0 Å². The first-order chi connectivity index (χ1) is 8.72. The number of hydrogen-bond donors (Lipinski definition) is 1. The molecule has 2 aromatic carbocycles. The largest absolute Gasteiger partial charge is 0.507 e. The van der Waals surface area contributed by atoms with Gasteiger partial charge in [-0.15, -0.1) is 0 Å². The number of carbonyl (C=O) groups is 1. The van der Waals surface area contributed by atoms with E-state index in [1.807, 2.05) is 30.3 Å². The highest BCUT2D eigenvalue weighted by Gasteiger charge is 2.12. The average molecular weight is 242 g/mol. The van der Waals surface area contributed by atoms with Gasteiger partial charge in [0.1, 0.15) is 11.3 Å². The second-order valence-corrected chi connectivity index (χ2v) is 3.82. The van der Waals surface area contributed by atoms with Crippen molar-refractivity contribution in [3.05, 3.63) is 54.1 Å². The lowest BCUT2D eigenvalue weighted by atomic mass is 10.0. The Bertz CT molecular complexity index is 547. The first kappa shape index (κ1) is 12.2. The molecule has 0 atom stereocenters. The van der Waals surface area contributed by atoms with Crippen molar-refractivity contribution < 1.29 is 14.6 Å². The number of benzene rings is 2. The van der Waals surface area contributed by atoms with Gasteiger partial charge in [0.05, 0.1) is 6.61 Å². The predicted octanol–water partition coefficient (Wildman–Crippen LogP) is 3.24. The van der Waals surface area contributed by atoms with Gasteiger partial charge in [0, 0.05) is 0 Å². The van der Waals surface area contributed by atoms with Crippen LogP contribution in [-0.2, 0) is 4.74 Å². The highest BCUT2D eigenvalue weighted by atomic mass is 16.5. The Labute approximate surface area is 106 Å². The zero-order valence-corrected chi connectivity index (χ0v) is 10.1. The summed E-state index contributed by atoms with van der Waals surface area (Å²) >= 11 is 0. The minimum Gasteiger partial charge on any atom is -0.507 e. The molecule has 0 aliphatic heterocycles. The molecule has 18 heavy (non-hydrogen) atoms. The molecule has 0 amide bonds. The van der Waals surface area contributed by atoms with Gasteiger partial charge in [-0.3, -0.25) is 0 Å². The van der Waals surface area contributed by atoms with Crippen molar-refractivity contribution in [1.82, 2.24) is 0 Å². The maximum atomic E-state index is 11.5. The molecule has 0 fully saturated rings. The monoisotopic (exact) mass is 242 g/mol. The third-order valence-electron chi connectivity index (χ3n) is 2.60. The summed E-state index contributed by atoms with van der Waals surface area (Å²) in [6, 6.07) is 14.6. The number of phenolic OH excluding ortho intramolecular Hbond substituents is 1. The van der Waals surface area contributed by atoms with Crippen LogP contribution >= 0.6 is 0 Å². The number of aromatic hydroxyl groups is 1. The molecule has 2 aromatic rings. The summed E-state index contributed by atoms with van der Waals surface area (Å²) in [4.78, 5) is 11.5. The standard InChI is InChI=1S/C15H14O3/c1-2-18-15(17)13-9-8-12(10-14(13)16)11-6-4-3-5-7-11/h3-10,16H,2H2,1H3. The van der Waals surface area contributed by atoms with Crippen molar-refractivity contribution in [2.45, 2.75) is 6.92 Å². The number of carbonyl (C=O) groups excluding carboxylic acids is 1. The van der Waals surface area contributed by atoms with E-state index in [2.05, 4.69) is 0 Å². The van der Waals surface area contributed by atoms with Gasteiger partial charge in [-0.25, -0.2) is 4.79 Å². The second kappa shape index (κ2) is 5.36. The number of esters is 1. The SMILES string of the molecule is CCOC(=O)c1ccc(-c2ccccc2)cc1O. The molecule has 0 aliphatic carbocycles. The minimum atomic E-state index is -0.505. The third-order valence-corrected chi connectivity index (χ3v) is 2.60. The molecule has 2 rings (SSSR count). The molecular formula is C15H14O3. The van der Waals surface area contributed by atoms with E-state index in [1.54, 1.807) is 25.1 Å². The van der Waals surface area contributed by atoms with E-state index in [0.717, 1.165) is 11.1 Å². The van der Waals surface area contributed by atoms with Crippen molar-refractivity contribution in [2.24, 2.45) is 0 Å². The van der Waals surface area contributed by atoms with Gasteiger partial charge in [0.25, 0.3) is 0 Å². The normalized spacial score (nSPS) is 10.1.